The lowest BCUT2D eigenvalue weighted by Crippen LogP contribution is -2.19. The molecular formula is C23H25N3O2. The van der Waals surface area contributed by atoms with Gasteiger partial charge in [-0.2, -0.15) is 0 Å². The van der Waals surface area contributed by atoms with Crippen LogP contribution in [-0.4, -0.2) is 34.1 Å². The Kier molecular flexibility index (Phi) is 5.28. The zero-order valence-corrected chi connectivity index (χ0v) is 16.0. The average molecular weight is 375 g/mol. The standard InChI is InChI=1S/C23H25N3O2/c1-16-23(20-4-2-3-5-21(20)24-16)19-12-13-26(15-19)14-18-8-6-17(7-9-18)10-11-22(27)25-28/h2-11,19,24,28H,12-15H2,1H3,(H,25,27). The monoisotopic (exact) mass is 375 g/mol. The van der Waals surface area contributed by atoms with Crippen molar-refractivity contribution < 1.29 is 10.0 Å². The van der Waals surface area contributed by atoms with Crippen LogP contribution in [0.1, 0.15) is 34.7 Å². The van der Waals surface area contributed by atoms with Crippen LogP contribution in [0.15, 0.2) is 54.6 Å². The topological polar surface area (TPSA) is 68.4 Å². The lowest BCUT2D eigenvalue weighted by Gasteiger charge is -2.16. The van der Waals surface area contributed by atoms with E-state index in [4.69, 9.17) is 5.21 Å². The number of benzene rings is 2. The van der Waals surface area contributed by atoms with Crippen molar-refractivity contribution in [2.45, 2.75) is 25.8 Å². The SMILES string of the molecule is Cc1[nH]c2ccccc2c1C1CCN(Cc2ccc(C=CC(=O)NO)cc2)C1. The summed E-state index contributed by atoms with van der Waals surface area (Å²) in [6.45, 7) is 5.28. The number of H-pyrrole nitrogens is 1. The Labute approximate surface area is 164 Å². The fourth-order valence-corrected chi connectivity index (χ4v) is 4.24. The molecule has 1 aliphatic rings. The zero-order valence-electron chi connectivity index (χ0n) is 16.0. The summed E-state index contributed by atoms with van der Waals surface area (Å²) >= 11 is 0. The fraction of sp³-hybridized carbons (Fsp3) is 0.261. The van der Waals surface area contributed by atoms with Gasteiger partial charge in [0.05, 0.1) is 0 Å². The first-order valence-corrected chi connectivity index (χ1v) is 9.64. The Morgan fingerprint density at radius 2 is 2.04 bits per heavy atom. The Morgan fingerprint density at radius 3 is 2.82 bits per heavy atom. The van der Waals surface area contributed by atoms with E-state index in [-0.39, 0.29) is 0 Å². The maximum atomic E-state index is 11.1. The van der Waals surface area contributed by atoms with E-state index in [2.05, 4.69) is 53.2 Å². The smallest absolute Gasteiger partial charge is 0.267 e. The van der Waals surface area contributed by atoms with Gasteiger partial charge in [0.2, 0.25) is 0 Å². The maximum absolute atomic E-state index is 11.1. The van der Waals surface area contributed by atoms with Crippen molar-refractivity contribution in [3.8, 4) is 0 Å². The lowest BCUT2D eigenvalue weighted by molar-refractivity contribution is -0.124. The molecular weight excluding hydrogens is 350 g/mol. The minimum absolute atomic E-state index is 0.528. The number of aromatic amines is 1. The van der Waals surface area contributed by atoms with E-state index in [0.717, 1.165) is 25.2 Å². The van der Waals surface area contributed by atoms with Gasteiger partial charge in [-0.25, -0.2) is 5.48 Å². The highest BCUT2D eigenvalue weighted by Crippen LogP contribution is 2.35. The summed E-state index contributed by atoms with van der Waals surface area (Å²) < 4.78 is 0. The second-order valence-corrected chi connectivity index (χ2v) is 7.48. The van der Waals surface area contributed by atoms with Crippen LogP contribution < -0.4 is 5.48 Å². The van der Waals surface area contributed by atoms with Crippen molar-refractivity contribution in [2.75, 3.05) is 13.1 Å². The third-order valence-corrected chi connectivity index (χ3v) is 5.55. The van der Waals surface area contributed by atoms with E-state index >= 15 is 0 Å². The molecule has 1 aromatic heterocycles. The number of amides is 1. The molecule has 3 aromatic rings. The molecule has 2 heterocycles. The molecule has 0 bridgehead atoms. The minimum atomic E-state index is -0.528. The average Bonchev–Trinajstić information content (AvgIpc) is 3.29. The summed E-state index contributed by atoms with van der Waals surface area (Å²) in [5, 5.41) is 9.88. The number of hydrogen-bond acceptors (Lipinski definition) is 3. The number of aromatic nitrogens is 1. The third kappa shape index (κ3) is 3.86. The van der Waals surface area contributed by atoms with Crippen LogP contribution in [0, 0.1) is 6.92 Å². The minimum Gasteiger partial charge on any atom is -0.358 e. The quantitative estimate of drug-likeness (QED) is 0.359. The van der Waals surface area contributed by atoms with Crippen molar-refractivity contribution in [2.24, 2.45) is 0 Å². The predicted octanol–water partition coefficient (Wildman–Crippen LogP) is 3.98. The van der Waals surface area contributed by atoms with Crippen LogP contribution in [0.2, 0.25) is 0 Å². The molecule has 0 aliphatic carbocycles. The number of rotatable bonds is 5. The van der Waals surface area contributed by atoms with Crippen LogP contribution in [0.4, 0.5) is 0 Å². The molecule has 1 amide bonds. The number of nitrogens with zero attached hydrogens (tertiary/aromatic N) is 1. The molecule has 3 N–H and O–H groups in total. The van der Waals surface area contributed by atoms with Crippen molar-refractivity contribution in [3.05, 3.63) is 77.0 Å². The second-order valence-electron chi connectivity index (χ2n) is 7.48. The number of likely N-dealkylation sites (tertiary alicyclic amines) is 1. The Balaban J connectivity index is 1.41. The number of hydroxylamine groups is 1. The van der Waals surface area contributed by atoms with Crippen molar-refractivity contribution in [3.63, 3.8) is 0 Å². The van der Waals surface area contributed by atoms with Crippen LogP contribution in [-0.2, 0) is 11.3 Å². The molecule has 1 saturated heterocycles. The Hall–Kier alpha value is -2.89. The van der Waals surface area contributed by atoms with E-state index in [1.54, 1.807) is 11.6 Å². The van der Waals surface area contributed by atoms with Gasteiger partial charge < -0.3 is 4.98 Å². The number of fused-ring (bicyclic) bond motifs is 1. The van der Waals surface area contributed by atoms with Gasteiger partial charge in [-0.15, -0.1) is 0 Å². The fourth-order valence-electron chi connectivity index (χ4n) is 4.24. The van der Waals surface area contributed by atoms with Gasteiger partial charge in [0.1, 0.15) is 0 Å². The highest BCUT2D eigenvalue weighted by atomic mass is 16.5. The van der Waals surface area contributed by atoms with Crippen LogP contribution in [0.5, 0.6) is 0 Å². The van der Waals surface area contributed by atoms with E-state index < -0.39 is 5.91 Å². The summed E-state index contributed by atoms with van der Waals surface area (Å²) in [5.74, 6) is 0.0371. The second kappa shape index (κ2) is 8.00. The van der Waals surface area contributed by atoms with E-state index in [9.17, 15) is 4.79 Å². The molecule has 0 saturated carbocycles. The van der Waals surface area contributed by atoms with Gasteiger partial charge in [-0.05, 0) is 48.7 Å². The molecule has 28 heavy (non-hydrogen) atoms. The zero-order chi connectivity index (χ0) is 19.5. The van der Waals surface area contributed by atoms with Gasteiger partial charge >= 0.3 is 0 Å². The Morgan fingerprint density at radius 1 is 1.25 bits per heavy atom. The molecule has 1 fully saturated rings. The van der Waals surface area contributed by atoms with Gasteiger partial charge in [-0.3, -0.25) is 14.9 Å². The predicted molar refractivity (Wildman–Crippen MR) is 111 cm³/mol. The lowest BCUT2D eigenvalue weighted by atomic mass is 9.95. The van der Waals surface area contributed by atoms with Gasteiger partial charge in [0, 0.05) is 41.7 Å². The van der Waals surface area contributed by atoms with Crippen molar-refractivity contribution >= 4 is 22.9 Å². The van der Waals surface area contributed by atoms with Gasteiger partial charge in [-0.1, -0.05) is 42.5 Å². The number of aryl methyl sites for hydroxylation is 1. The molecule has 2 aromatic carbocycles. The van der Waals surface area contributed by atoms with Crippen LogP contribution >= 0.6 is 0 Å². The Bertz CT molecular complexity index is 1000. The van der Waals surface area contributed by atoms with Gasteiger partial charge in [0.15, 0.2) is 0 Å². The number of carbonyl (C=O) groups is 1. The number of nitrogens with one attached hydrogen (secondary N) is 2. The van der Waals surface area contributed by atoms with E-state index in [1.165, 1.54) is 40.2 Å². The summed E-state index contributed by atoms with van der Waals surface area (Å²) in [6, 6.07) is 16.8. The molecule has 1 atom stereocenters. The molecule has 1 unspecified atom stereocenters. The van der Waals surface area contributed by atoms with Crippen molar-refractivity contribution in [1.29, 1.82) is 0 Å². The number of hydrogen-bond donors (Lipinski definition) is 3. The summed E-state index contributed by atoms with van der Waals surface area (Å²) in [5.41, 5.74) is 7.78. The highest BCUT2D eigenvalue weighted by Gasteiger charge is 2.27. The largest absolute Gasteiger partial charge is 0.358 e. The van der Waals surface area contributed by atoms with Crippen LogP contribution in [0.3, 0.4) is 0 Å². The van der Waals surface area contributed by atoms with E-state index in [1.807, 2.05) is 12.1 Å². The highest BCUT2D eigenvalue weighted by molar-refractivity contribution is 5.90. The first-order valence-electron chi connectivity index (χ1n) is 9.64. The molecule has 4 rings (SSSR count). The molecule has 5 heteroatoms. The third-order valence-electron chi connectivity index (χ3n) is 5.55. The molecule has 5 nitrogen and oxygen atoms in total. The summed E-state index contributed by atoms with van der Waals surface area (Å²) in [6.07, 6.45) is 4.17. The van der Waals surface area contributed by atoms with Gasteiger partial charge in [0.25, 0.3) is 5.91 Å². The van der Waals surface area contributed by atoms with E-state index in [0.29, 0.717) is 5.92 Å². The molecule has 0 spiro atoms. The molecule has 0 radical (unpaired) electrons. The number of para-hydroxylation sites is 1. The maximum Gasteiger partial charge on any atom is 0.267 e. The molecule has 144 valence electrons. The first-order chi connectivity index (χ1) is 13.6. The first kappa shape index (κ1) is 18.5. The summed E-state index contributed by atoms with van der Waals surface area (Å²) in [7, 11) is 0. The normalized spacial score (nSPS) is 17.6. The van der Waals surface area contributed by atoms with Crippen LogP contribution in [0.25, 0.3) is 17.0 Å². The number of carbonyl (C=O) groups excluding carboxylic acids is 1. The summed E-state index contributed by atoms with van der Waals surface area (Å²) in [4.78, 5) is 17.1. The molecule has 1 aliphatic heterocycles. The van der Waals surface area contributed by atoms with Crippen molar-refractivity contribution in [1.82, 2.24) is 15.4 Å².